The Morgan fingerprint density at radius 2 is 2.00 bits per heavy atom. The van der Waals surface area contributed by atoms with E-state index in [0.29, 0.717) is 12.2 Å². The highest BCUT2D eigenvalue weighted by Gasteiger charge is 2.35. The second-order valence-electron chi connectivity index (χ2n) is 6.84. The van der Waals surface area contributed by atoms with E-state index in [1.54, 1.807) is 23.1 Å². The maximum Gasteiger partial charge on any atom is 0.238 e. The molecule has 2 heterocycles. The summed E-state index contributed by atoms with van der Waals surface area (Å²) in [5.74, 6) is 0.540. The highest BCUT2D eigenvalue weighted by atomic mass is 32.2. The summed E-state index contributed by atoms with van der Waals surface area (Å²) >= 11 is 3.20. The van der Waals surface area contributed by atoms with Gasteiger partial charge in [-0.2, -0.15) is 0 Å². The number of carbonyl (C=O) groups excluding carboxylic acids is 2. The van der Waals surface area contributed by atoms with Crippen LogP contribution in [-0.2, 0) is 22.4 Å². The van der Waals surface area contributed by atoms with Crippen molar-refractivity contribution in [2.24, 2.45) is 0 Å². The van der Waals surface area contributed by atoms with Crippen molar-refractivity contribution in [2.75, 3.05) is 16.0 Å². The molecule has 0 spiro atoms. The SMILES string of the molecule is CCc1ccccc1N1C(=O)CSC1c1cccc(NC(=O)Cc2cccs2)c1. The molecule has 1 fully saturated rings. The van der Waals surface area contributed by atoms with Gasteiger partial charge in [0, 0.05) is 16.3 Å². The molecule has 29 heavy (non-hydrogen) atoms. The van der Waals surface area contributed by atoms with Crippen molar-refractivity contribution in [1.82, 2.24) is 0 Å². The lowest BCUT2D eigenvalue weighted by atomic mass is 10.1. The zero-order chi connectivity index (χ0) is 20.2. The van der Waals surface area contributed by atoms with Crippen LogP contribution in [0.15, 0.2) is 66.0 Å². The van der Waals surface area contributed by atoms with E-state index in [4.69, 9.17) is 0 Å². The molecular formula is C23H22N2O2S2. The van der Waals surface area contributed by atoms with Gasteiger partial charge in [-0.05, 0) is 47.2 Å². The number of nitrogens with one attached hydrogen (secondary N) is 1. The van der Waals surface area contributed by atoms with Crippen molar-refractivity contribution in [3.05, 3.63) is 82.0 Å². The van der Waals surface area contributed by atoms with E-state index in [-0.39, 0.29) is 17.2 Å². The Kier molecular flexibility index (Phi) is 6.02. The summed E-state index contributed by atoms with van der Waals surface area (Å²) < 4.78 is 0. The summed E-state index contributed by atoms with van der Waals surface area (Å²) in [7, 11) is 0. The fraction of sp³-hybridized carbons (Fsp3) is 0.217. The molecule has 0 saturated carbocycles. The molecule has 1 N–H and O–H groups in total. The van der Waals surface area contributed by atoms with Crippen molar-refractivity contribution < 1.29 is 9.59 Å². The number of hydrogen-bond acceptors (Lipinski definition) is 4. The Morgan fingerprint density at radius 3 is 2.79 bits per heavy atom. The lowest BCUT2D eigenvalue weighted by molar-refractivity contribution is -0.116. The molecule has 1 aromatic heterocycles. The monoisotopic (exact) mass is 422 g/mol. The van der Waals surface area contributed by atoms with Crippen LogP contribution in [0.3, 0.4) is 0 Å². The highest BCUT2D eigenvalue weighted by Crippen LogP contribution is 2.43. The number of thioether (sulfide) groups is 1. The number of aryl methyl sites for hydroxylation is 1. The van der Waals surface area contributed by atoms with Gasteiger partial charge in [-0.15, -0.1) is 23.1 Å². The van der Waals surface area contributed by atoms with Crippen LogP contribution in [0.5, 0.6) is 0 Å². The minimum atomic E-state index is -0.0932. The third-order valence-corrected chi connectivity index (χ3v) is 6.96. The Bertz CT molecular complexity index is 1020. The van der Waals surface area contributed by atoms with Crippen LogP contribution in [0, 0.1) is 0 Å². The summed E-state index contributed by atoms with van der Waals surface area (Å²) in [6.45, 7) is 2.10. The number of benzene rings is 2. The predicted molar refractivity (Wildman–Crippen MR) is 122 cm³/mol. The molecule has 0 radical (unpaired) electrons. The van der Waals surface area contributed by atoms with Crippen molar-refractivity contribution >= 4 is 46.3 Å². The highest BCUT2D eigenvalue weighted by molar-refractivity contribution is 8.00. The molecule has 2 aromatic carbocycles. The van der Waals surface area contributed by atoms with Crippen LogP contribution in [-0.4, -0.2) is 17.6 Å². The van der Waals surface area contributed by atoms with Gasteiger partial charge in [0.25, 0.3) is 0 Å². The molecule has 2 amide bonds. The normalized spacial score (nSPS) is 16.2. The fourth-order valence-electron chi connectivity index (χ4n) is 3.52. The van der Waals surface area contributed by atoms with Crippen LogP contribution in [0.2, 0.25) is 0 Å². The van der Waals surface area contributed by atoms with Gasteiger partial charge in [-0.3, -0.25) is 14.5 Å². The van der Waals surface area contributed by atoms with E-state index in [1.807, 2.05) is 64.9 Å². The van der Waals surface area contributed by atoms with Crippen LogP contribution in [0.4, 0.5) is 11.4 Å². The van der Waals surface area contributed by atoms with E-state index in [2.05, 4.69) is 18.3 Å². The topological polar surface area (TPSA) is 49.4 Å². The average Bonchev–Trinajstić information content (AvgIpc) is 3.37. The van der Waals surface area contributed by atoms with E-state index >= 15 is 0 Å². The summed E-state index contributed by atoms with van der Waals surface area (Å²) in [6, 6.07) is 19.8. The molecule has 1 atom stereocenters. The van der Waals surface area contributed by atoms with Gasteiger partial charge in [0.05, 0.1) is 12.2 Å². The molecule has 4 nitrogen and oxygen atoms in total. The van der Waals surface area contributed by atoms with Crippen LogP contribution < -0.4 is 10.2 Å². The summed E-state index contributed by atoms with van der Waals surface area (Å²) in [5.41, 5.74) is 3.91. The van der Waals surface area contributed by atoms with E-state index in [9.17, 15) is 9.59 Å². The molecule has 1 aliphatic rings. The van der Waals surface area contributed by atoms with Gasteiger partial charge in [-0.1, -0.05) is 43.3 Å². The Labute approximate surface area is 178 Å². The minimum Gasteiger partial charge on any atom is -0.326 e. The standard InChI is InChI=1S/C23H22N2O2S2/c1-2-16-7-3-4-11-20(16)25-22(27)15-29-23(25)17-8-5-9-18(13-17)24-21(26)14-19-10-6-12-28-19/h3-13,23H,2,14-15H2,1H3,(H,24,26). The largest absolute Gasteiger partial charge is 0.326 e. The number of para-hydroxylation sites is 1. The summed E-state index contributed by atoms with van der Waals surface area (Å²) in [6.07, 6.45) is 1.24. The number of hydrogen-bond donors (Lipinski definition) is 1. The second-order valence-corrected chi connectivity index (χ2v) is 8.94. The average molecular weight is 423 g/mol. The number of nitrogens with zero attached hydrogens (tertiary/aromatic N) is 1. The number of amides is 2. The van der Waals surface area contributed by atoms with Gasteiger partial charge < -0.3 is 5.32 Å². The lowest BCUT2D eigenvalue weighted by Crippen LogP contribution is -2.28. The zero-order valence-corrected chi connectivity index (χ0v) is 17.8. The Morgan fingerprint density at radius 1 is 1.14 bits per heavy atom. The second kappa shape index (κ2) is 8.84. The molecule has 148 valence electrons. The maximum atomic E-state index is 12.7. The van der Waals surface area contributed by atoms with Crippen molar-refractivity contribution in [3.8, 4) is 0 Å². The molecule has 0 aliphatic carbocycles. The lowest BCUT2D eigenvalue weighted by Gasteiger charge is -2.26. The van der Waals surface area contributed by atoms with Crippen LogP contribution in [0.1, 0.15) is 28.3 Å². The van der Waals surface area contributed by atoms with Crippen molar-refractivity contribution in [1.29, 1.82) is 0 Å². The van der Waals surface area contributed by atoms with Gasteiger partial charge in [0.15, 0.2) is 0 Å². The van der Waals surface area contributed by atoms with Gasteiger partial charge >= 0.3 is 0 Å². The van der Waals surface area contributed by atoms with Crippen LogP contribution >= 0.6 is 23.1 Å². The third-order valence-electron chi connectivity index (χ3n) is 4.87. The summed E-state index contributed by atoms with van der Waals surface area (Å²) in [5, 5.41) is 4.87. The smallest absolute Gasteiger partial charge is 0.238 e. The summed E-state index contributed by atoms with van der Waals surface area (Å²) in [4.78, 5) is 28.0. The van der Waals surface area contributed by atoms with E-state index in [1.165, 1.54) is 0 Å². The third kappa shape index (κ3) is 4.38. The number of carbonyl (C=O) groups is 2. The Balaban J connectivity index is 1.56. The molecule has 4 rings (SSSR count). The van der Waals surface area contributed by atoms with E-state index < -0.39 is 0 Å². The fourth-order valence-corrected chi connectivity index (χ4v) is 5.38. The van der Waals surface area contributed by atoms with Crippen molar-refractivity contribution in [3.63, 3.8) is 0 Å². The number of rotatable bonds is 6. The quantitative estimate of drug-likeness (QED) is 0.589. The van der Waals surface area contributed by atoms with Gasteiger partial charge in [-0.25, -0.2) is 0 Å². The molecule has 1 saturated heterocycles. The maximum absolute atomic E-state index is 12.7. The first-order valence-corrected chi connectivity index (χ1v) is 11.5. The van der Waals surface area contributed by atoms with Gasteiger partial charge in [0.1, 0.15) is 5.37 Å². The molecular weight excluding hydrogens is 400 g/mol. The first-order valence-electron chi connectivity index (χ1n) is 9.59. The molecule has 0 bridgehead atoms. The minimum absolute atomic E-state index is 0.0343. The van der Waals surface area contributed by atoms with Crippen LogP contribution in [0.25, 0.3) is 0 Å². The molecule has 3 aromatic rings. The first kappa shape index (κ1) is 19.7. The predicted octanol–water partition coefficient (Wildman–Crippen LogP) is 5.27. The number of anilines is 2. The Hall–Kier alpha value is -2.57. The first-order chi connectivity index (χ1) is 14.2. The van der Waals surface area contributed by atoms with Gasteiger partial charge in [0.2, 0.25) is 11.8 Å². The molecule has 1 aliphatic heterocycles. The number of thiophene rings is 1. The van der Waals surface area contributed by atoms with E-state index in [0.717, 1.165) is 33.8 Å². The zero-order valence-electron chi connectivity index (χ0n) is 16.1. The molecule has 6 heteroatoms. The molecule has 1 unspecified atom stereocenters. The van der Waals surface area contributed by atoms with Crippen molar-refractivity contribution in [2.45, 2.75) is 25.1 Å².